The monoisotopic (exact) mass is 430 g/mol. The van der Waals surface area contributed by atoms with Gasteiger partial charge in [0.05, 0.1) is 12.2 Å². The molecule has 2 N–H and O–H groups in total. The third-order valence-electron chi connectivity index (χ3n) is 3.63. The van der Waals surface area contributed by atoms with Gasteiger partial charge in [-0.25, -0.2) is 4.79 Å². The Hall–Kier alpha value is -2.50. The van der Waals surface area contributed by atoms with Gasteiger partial charge in [0.25, 0.3) is 0 Å². The number of hydrogen-bond acceptors (Lipinski definition) is 3. The summed E-state index contributed by atoms with van der Waals surface area (Å²) in [5, 5.41) is 11.6. The van der Waals surface area contributed by atoms with Crippen molar-refractivity contribution in [3.63, 3.8) is 0 Å². The van der Waals surface area contributed by atoms with E-state index in [9.17, 15) is 41.0 Å². The van der Waals surface area contributed by atoms with Crippen molar-refractivity contribution in [1.82, 2.24) is 10.2 Å². The number of halogens is 6. The first kappa shape index (κ1) is 24.5. The molecule has 1 atom stereocenters. The zero-order valence-electron chi connectivity index (χ0n) is 15.7. The second-order valence-electron chi connectivity index (χ2n) is 6.93. The van der Waals surface area contributed by atoms with Crippen LogP contribution in [0, 0.1) is 0 Å². The smallest absolute Gasteiger partial charge is 0.465 e. The lowest BCUT2D eigenvalue weighted by atomic mass is 9.96. The van der Waals surface area contributed by atoms with Gasteiger partial charge in [0.2, 0.25) is 5.91 Å². The number of alkyl halides is 6. The maximum Gasteiger partial charge on any atom is 0.522 e. The Morgan fingerprint density at radius 1 is 1.14 bits per heavy atom. The van der Waals surface area contributed by atoms with E-state index in [1.54, 1.807) is 0 Å². The SMILES string of the molecule is CC(C)(C)N(C(=O)O)C(C(=O)NCCOC(F)(F)F)c1cccc(C(F)(F)F)c1. The number of carbonyl (C=O) groups excluding carboxylic acids is 1. The number of carbonyl (C=O) groups is 2. The van der Waals surface area contributed by atoms with Gasteiger partial charge in [0, 0.05) is 12.1 Å². The number of amides is 2. The molecule has 164 valence electrons. The molecule has 0 aliphatic heterocycles. The molecule has 0 aliphatic carbocycles. The van der Waals surface area contributed by atoms with Crippen molar-refractivity contribution in [2.45, 2.75) is 44.9 Å². The normalized spacial score (nSPS) is 13.7. The summed E-state index contributed by atoms with van der Waals surface area (Å²) in [7, 11) is 0. The van der Waals surface area contributed by atoms with E-state index >= 15 is 0 Å². The summed E-state index contributed by atoms with van der Waals surface area (Å²) in [4.78, 5) is 25.0. The Morgan fingerprint density at radius 2 is 1.72 bits per heavy atom. The maximum absolute atomic E-state index is 13.0. The predicted octanol–water partition coefficient (Wildman–Crippen LogP) is 4.18. The lowest BCUT2D eigenvalue weighted by molar-refractivity contribution is -0.323. The minimum atomic E-state index is -4.93. The highest BCUT2D eigenvalue weighted by Gasteiger charge is 2.40. The molecule has 12 heteroatoms. The van der Waals surface area contributed by atoms with Gasteiger partial charge in [-0.15, -0.1) is 13.2 Å². The Bertz CT molecular complexity index is 728. The van der Waals surface area contributed by atoms with Crippen LogP contribution in [0.25, 0.3) is 0 Å². The summed E-state index contributed by atoms with van der Waals surface area (Å²) >= 11 is 0. The van der Waals surface area contributed by atoms with E-state index in [0.717, 1.165) is 18.2 Å². The summed E-state index contributed by atoms with van der Waals surface area (Å²) in [6, 6.07) is 1.78. The van der Waals surface area contributed by atoms with Crippen molar-refractivity contribution < 1.29 is 45.8 Å². The van der Waals surface area contributed by atoms with Crippen molar-refractivity contribution in [3.8, 4) is 0 Å². The second-order valence-corrected chi connectivity index (χ2v) is 6.93. The molecule has 0 bridgehead atoms. The highest BCUT2D eigenvalue weighted by Crippen LogP contribution is 2.34. The van der Waals surface area contributed by atoms with Crippen molar-refractivity contribution >= 4 is 12.0 Å². The van der Waals surface area contributed by atoms with E-state index in [1.807, 2.05) is 0 Å². The van der Waals surface area contributed by atoms with Crippen LogP contribution in [0.1, 0.15) is 37.9 Å². The number of rotatable bonds is 6. The van der Waals surface area contributed by atoms with Crippen LogP contribution in [0.3, 0.4) is 0 Å². The fourth-order valence-corrected chi connectivity index (χ4v) is 2.53. The van der Waals surface area contributed by atoms with Crippen LogP contribution in [0.4, 0.5) is 31.1 Å². The molecule has 0 spiro atoms. The molecule has 1 rings (SSSR count). The average Bonchev–Trinajstić information content (AvgIpc) is 2.53. The van der Waals surface area contributed by atoms with Gasteiger partial charge in [-0.1, -0.05) is 12.1 Å². The molecular formula is C17H20F6N2O4. The van der Waals surface area contributed by atoms with Crippen LogP contribution in [-0.4, -0.2) is 47.1 Å². The highest BCUT2D eigenvalue weighted by molar-refractivity contribution is 5.87. The quantitative estimate of drug-likeness (QED) is 0.524. The molecule has 2 amide bonds. The molecular weight excluding hydrogens is 410 g/mol. The van der Waals surface area contributed by atoms with Gasteiger partial charge in [-0.2, -0.15) is 13.2 Å². The Morgan fingerprint density at radius 3 is 2.17 bits per heavy atom. The van der Waals surface area contributed by atoms with Gasteiger partial charge in [-0.05, 0) is 38.5 Å². The summed E-state index contributed by atoms with van der Waals surface area (Å²) < 4.78 is 78.7. The molecule has 6 nitrogen and oxygen atoms in total. The van der Waals surface area contributed by atoms with Crippen LogP contribution < -0.4 is 5.32 Å². The minimum Gasteiger partial charge on any atom is -0.465 e. The molecule has 0 saturated carbocycles. The van der Waals surface area contributed by atoms with Gasteiger partial charge in [0.15, 0.2) is 0 Å². The van der Waals surface area contributed by atoms with Crippen molar-refractivity contribution in [2.24, 2.45) is 0 Å². The first-order valence-electron chi connectivity index (χ1n) is 8.22. The van der Waals surface area contributed by atoms with Crippen molar-refractivity contribution in [2.75, 3.05) is 13.2 Å². The van der Waals surface area contributed by atoms with Crippen LogP contribution in [0.15, 0.2) is 24.3 Å². The van der Waals surface area contributed by atoms with E-state index in [-0.39, 0.29) is 5.56 Å². The largest absolute Gasteiger partial charge is 0.522 e. The third-order valence-corrected chi connectivity index (χ3v) is 3.63. The van der Waals surface area contributed by atoms with Crippen LogP contribution in [0.5, 0.6) is 0 Å². The van der Waals surface area contributed by atoms with E-state index in [1.165, 1.54) is 20.8 Å². The molecule has 1 aromatic carbocycles. The summed E-state index contributed by atoms with van der Waals surface area (Å²) in [5.41, 5.74) is -2.61. The fraction of sp³-hybridized carbons (Fsp3) is 0.529. The van der Waals surface area contributed by atoms with Crippen LogP contribution in [-0.2, 0) is 15.7 Å². The number of nitrogens with zero attached hydrogens (tertiary/aromatic N) is 1. The van der Waals surface area contributed by atoms with Gasteiger partial charge in [0.1, 0.15) is 6.04 Å². The van der Waals surface area contributed by atoms with E-state index in [0.29, 0.717) is 11.0 Å². The topological polar surface area (TPSA) is 78.9 Å². The number of benzene rings is 1. The Balaban J connectivity index is 3.26. The first-order chi connectivity index (χ1) is 13.0. The molecule has 0 aliphatic rings. The van der Waals surface area contributed by atoms with E-state index < -0.39 is 54.8 Å². The number of carboxylic acid groups (broad SMARTS) is 1. The van der Waals surface area contributed by atoms with Gasteiger partial charge < -0.3 is 10.4 Å². The molecule has 0 aromatic heterocycles. The standard InChI is InChI=1S/C17H20F6N2O4/c1-15(2,3)25(14(27)28)12(13(26)24-7-8-29-17(21,22)23)10-5-4-6-11(9-10)16(18,19)20/h4-6,9,12H,7-8H2,1-3H3,(H,24,26)(H,27,28). The molecule has 0 saturated heterocycles. The van der Waals surface area contributed by atoms with Crippen molar-refractivity contribution in [1.29, 1.82) is 0 Å². The molecule has 0 radical (unpaired) electrons. The van der Waals surface area contributed by atoms with Crippen molar-refractivity contribution in [3.05, 3.63) is 35.4 Å². The van der Waals surface area contributed by atoms with E-state index in [2.05, 4.69) is 10.1 Å². The second kappa shape index (κ2) is 8.89. The van der Waals surface area contributed by atoms with Crippen LogP contribution >= 0.6 is 0 Å². The Labute approximate surface area is 162 Å². The minimum absolute atomic E-state index is 0.286. The Kier molecular flexibility index (Phi) is 7.52. The first-order valence-corrected chi connectivity index (χ1v) is 8.22. The molecule has 1 unspecified atom stereocenters. The molecule has 29 heavy (non-hydrogen) atoms. The number of hydrogen-bond donors (Lipinski definition) is 2. The van der Waals surface area contributed by atoms with Gasteiger partial charge in [-0.3, -0.25) is 14.4 Å². The zero-order chi connectivity index (χ0) is 22.6. The number of ether oxygens (including phenoxy) is 1. The number of nitrogens with one attached hydrogen (secondary N) is 1. The van der Waals surface area contributed by atoms with Crippen LogP contribution in [0.2, 0.25) is 0 Å². The molecule has 0 fully saturated rings. The summed E-state index contributed by atoms with van der Waals surface area (Å²) in [6.45, 7) is 2.67. The maximum atomic E-state index is 13.0. The zero-order valence-corrected chi connectivity index (χ0v) is 15.7. The van der Waals surface area contributed by atoms with Gasteiger partial charge >= 0.3 is 18.6 Å². The summed E-state index contributed by atoms with van der Waals surface area (Å²) in [6.07, 6.45) is -11.3. The third kappa shape index (κ3) is 7.44. The lowest BCUT2D eigenvalue weighted by Gasteiger charge is -2.39. The lowest BCUT2D eigenvalue weighted by Crippen LogP contribution is -2.52. The fourth-order valence-electron chi connectivity index (χ4n) is 2.53. The average molecular weight is 430 g/mol. The highest BCUT2D eigenvalue weighted by atomic mass is 19.4. The predicted molar refractivity (Wildman–Crippen MR) is 88.8 cm³/mol. The molecule has 0 heterocycles. The summed E-state index contributed by atoms with van der Waals surface area (Å²) in [5.74, 6) is -1.09. The van der Waals surface area contributed by atoms with E-state index in [4.69, 9.17) is 0 Å². The molecule has 1 aromatic rings.